The van der Waals surface area contributed by atoms with E-state index in [9.17, 15) is 9.59 Å². The first kappa shape index (κ1) is 20.0. The summed E-state index contributed by atoms with van der Waals surface area (Å²) in [6, 6.07) is 12.7. The molecule has 3 aromatic rings. The molecule has 160 valence electrons. The second kappa shape index (κ2) is 7.98. The van der Waals surface area contributed by atoms with E-state index in [4.69, 9.17) is 11.6 Å². The maximum atomic E-state index is 13.3. The van der Waals surface area contributed by atoms with Crippen molar-refractivity contribution in [1.29, 1.82) is 0 Å². The summed E-state index contributed by atoms with van der Waals surface area (Å²) in [4.78, 5) is 34.2. The maximum absolute atomic E-state index is 13.3. The fourth-order valence-electron chi connectivity index (χ4n) is 4.47. The smallest absolute Gasteiger partial charge is 0.264 e. The van der Waals surface area contributed by atoms with E-state index in [1.807, 2.05) is 43.3 Å². The number of nitrogens with one attached hydrogen (secondary N) is 2. The minimum atomic E-state index is -0.681. The van der Waals surface area contributed by atoms with E-state index in [1.54, 1.807) is 11.1 Å². The zero-order valence-electron chi connectivity index (χ0n) is 17.3. The fourth-order valence-corrected chi connectivity index (χ4v) is 4.69. The van der Waals surface area contributed by atoms with Crippen molar-refractivity contribution in [1.82, 2.24) is 25.3 Å². The Balaban J connectivity index is 1.36. The Morgan fingerprint density at radius 3 is 2.94 bits per heavy atom. The third kappa shape index (κ3) is 3.68. The molecular formula is C23H24ClN5O2. The Morgan fingerprint density at radius 2 is 2.10 bits per heavy atom. The first-order valence-electron chi connectivity index (χ1n) is 10.6. The van der Waals surface area contributed by atoms with Gasteiger partial charge in [-0.15, -0.1) is 0 Å². The summed E-state index contributed by atoms with van der Waals surface area (Å²) in [5.74, 6) is 0.0900. The summed E-state index contributed by atoms with van der Waals surface area (Å²) in [6.45, 7) is 4.07. The molecule has 2 aliphatic heterocycles. The topological polar surface area (TPSA) is 81.3 Å². The van der Waals surface area contributed by atoms with E-state index < -0.39 is 6.04 Å². The van der Waals surface area contributed by atoms with Gasteiger partial charge < -0.3 is 10.3 Å². The highest BCUT2D eigenvalue weighted by Crippen LogP contribution is 2.30. The first-order valence-corrected chi connectivity index (χ1v) is 11.0. The van der Waals surface area contributed by atoms with Crippen LogP contribution in [0.25, 0.3) is 11.0 Å². The molecule has 2 aliphatic rings. The Kier molecular flexibility index (Phi) is 5.16. The number of hydrazine groups is 1. The van der Waals surface area contributed by atoms with Crippen LogP contribution in [0, 0.1) is 5.92 Å². The molecule has 0 radical (unpaired) electrons. The molecule has 1 fully saturated rings. The van der Waals surface area contributed by atoms with Gasteiger partial charge in [0.2, 0.25) is 5.91 Å². The Hall–Kier alpha value is -2.90. The number of nitrogens with zero attached hydrogens (tertiary/aromatic N) is 3. The number of rotatable bonds is 4. The number of aromatic nitrogens is 2. The number of benzene rings is 2. The van der Waals surface area contributed by atoms with Gasteiger partial charge in [-0.25, -0.2) is 9.99 Å². The molecule has 31 heavy (non-hydrogen) atoms. The van der Waals surface area contributed by atoms with E-state index in [1.165, 1.54) is 0 Å². The molecule has 8 heteroatoms. The number of hydrogen-bond acceptors (Lipinski definition) is 4. The lowest BCUT2D eigenvalue weighted by Gasteiger charge is -2.28. The predicted molar refractivity (Wildman–Crippen MR) is 118 cm³/mol. The van der Waals surface area contributed by atoms with Crippen molar-refractivity contribution in [2.24, 2.45) is 5.92 Å². The average Bonchev–Trinajstić information content (AvgIpc) is 3.37. The highest BCUT2D eigenvalue weighted by molar-refractivity contribution is 6.34. The van der Waals surface area contributed by atoms with Crippen molar-refractivity contribution >= 4 is 34.4 Å². The molecule has 0 spiro atoms. The van der Waals surface area contributed by atoms with E-state index in [0.717, 1.165) is 29.6 Å². The molecule has 0 aliphatic carbocycles. The predicted octanol–water partition coefficient (Wildman–Crippen LogP) is 3.22. The van der Waals surface area contributed by atoms with Gasteiger partial charge in [0.15, 0.2) is 0 Å². The van der Waals surface area contributed by atoms with Crippen LogP contribution in [0.1, 0.15) is 36.3 Å². The Labute approximate surface area is 185 Å². The average molecular weight is 438 g/mol. The molecule has 0 bridgehead atoms. The summed E-state index contributed by atoms with van der Waals surface area (Å²) >= 11 is 6.21. The zero-order valence-corrected chi connectivity index (χ0v) is 18.0. The number of H-pyrrole nitrogens is 1. The van der Waals surface area contributed by atoms with Crippen LogP contribution in [0.15, 0.2) is 42.5 Å². The normalized spacial score (nSPS) is 19.7. The van der Waals surface area contributed by atoms with Gasteiger partial charge in [0, 0.05) is 32.0 Å². The number of fused-ring (bicyclic) bond motifs is 3. The first-order chi connectivity index (χ1) is 15.0. The summed E-state index contributed by atoms with van der Waals surface area (Å²) in [5, 5.41) is 7.46. The number of carbonyl (C=O) groups is 2. The van der Waals surface area contributed by atoms with Gasteiger partial charge in [0.1, 0.15) is 17.4 Å². The second-order valence-electron chi connectivity index (χ2n) is 8.27. The molecule has 0 saturated carbocycles. The summed E-state index contributed by atoms with van der Waals surface area (Å²) in [5.41, 5.74) is 3.49. The molecule has 5 rings (SSSR count). The van der Waals surface area contributed by atoms with Crippen LogP contribution < -0.4 is 5.32 Å². The lowest BCUT2D eigenvalue weighted by molar-refractivity contribution is -0.148. The zero-order chi connectivity index (χ0) is 21.5. The lowest BCUT2D eigenvalue weighted by atomic mass is 9.98. The molecular weight excluding hydrogens is 414 g/mol. The van der Waals surface area contributed by atoms with Crippen molar-refractivity contribution in [3.05, 3.63) is 64.4 Å². The van der Waals surface area contributed by atoms with Gasteiger partial charge in [-0.1, -0.05) is 48.9 Å². The third-order valence-corrected chi connectivity index (χ3v) is 6.40. The van der Waals surface area contributed by atoms with Crippen molar-refractivity contribution < 1.29 is 9.59 Å². The Bertz CT molecular complexity index is 1160. The van der Waals surface area contributed by atoms with Crippen LogP contribution in [-0.4, -0.2) is 44.9 Å². The molecule has 2 N–H and O–H groups in total. The number of aromatic amines is 1. The number of imidazole rings is 1. The quantitative estimate of drug-likeness (QED) is 0.656. The van der Waals surface area contributed by atoms with E-state index in [2.05, 4.69) is 20.3 Å². The van der Waals surface area contributed by atoms with Crippen LogP contribution in [0.3, 0.4) is 0 Å². The number of halogens is 1. The largest absolute Gasteiger partial charge is 0.342 e. The molecule has 1 aromatic heterocycles. The molecule has 2 atom stereocenters. The minimum absolute atomic E-state index is 0.0708. The van der Waals surface area contributed by atoms with Crippen LogP contribution in [-0.2, 0) is 22.6 Å². The third-order valence-electron chi connectivity index (χ3n) is 6.09. The van der Waals surface area contributed by atoms with E-state index >= 15 is 0 Å². The number of carbonyl (C=O) groups excluding carboxylic acids is 2. The van der Waals surface area contributed by atoms with Crippen molar-refractivity contribution in [2.75, 3.05) is 13.1 Å². The van der Waals surface area contributed by atoms with Gasteiger partial charge >= 0.3 is 0 Å². The van der Waals surface area contributed by atoms with Crippen LogP contribution in [0.4, 0.5) is 0 Å². The highest BCUT2D eigenvalue weighted by Gasteiger charge is 2.38. The van der Waals surface area contributed by atoms with Gasteiger partial charge in [0.25, 0.3) is 5.91 Å². The monoisotopic (exact) mass is 437 g/mol. The van der Waals surface area contributed by atoms with Gasteiger partial charge in [-0.2, -0.15) is 0 Å². The molecule has 3 heterocycles. The van der Waals surface area contributed by atoms with Crippen molar-refractivity contribution in [2.45, 2.75) is 32.4 Å². The summed E-state index contributed by atoms with van der Waals surface area (Å²) in [7, 11) is 0. The van der Waals surface area contributed by atoms with Crippen LogP contribution in [0.2, 0.25) is 5.02 Å². The summed E-state index contributed by atoms with van der Waals surface area (Å²) in [6.07, 6.45) is 1.37. The van der Waals surface area contributed by atoms with Crippen LogP contribution in [0.5, 0.6) is 0 Å². The van der Waals surface area contributed by atoms with Crippen LogP contribution >= 0.6 is 11.6 Å². The van der Waals surface area contributed by atoms with Gasteiger partial charge in [0.05, 0.1) is 10.5 Å². The van der Waals surface area contributed by atoms with E-state index in [-0.39, 0.29) is 17.7 Å². The molecule has 7 nitrogen and oxygen atoms in total. The SMILES string of the molecule is C[C@H](Cc1nc2c(Cl)cccc2[nH]1)C(=O)N[C@@H]1C(=O)N2CCCN2Cc2ccccc21. The molecule has 1 saturated heterocycles. The standard InChI is InChI=1S/C23H24ClN5O2/c1-14(12-19-25-18-9-4-8-17(24)21(18)26-19)22(30)27-20-16-7-3-2-6-15(16)13-28-10-5-11-29(28)23(20)31/h2-4,6-9,14,20H,5,10-13H2,1H3,(H,25,26)(H,27,30)/t14-,20+/m1/s1. The van der Waals surface area contributed by atoms with E-state index in [0.29, 0.717) is 35.9 Å². The number of hydrogen-bond donors (Lipinski definition) is 2. The second-order valence-corrected chi connectivity index (χ2v) is 8.68. The number of amides is 2. The van der Waals surface area contributed by atoms with Gasteiger partial charge in [-0.05, 0) is 29.7 Å². The molecule has 2 amide bonds. The number of para-hydroxylation sites is 1. The minimum Gasteiger partial charge on any atom is -0.342 e. The maximum Gasteiger partial charge on any atom is 0.264 e. The van der Waals surface area contributed by atoms with Crippen molar-refractivity contribution in [3.8, 4) is 0 Å². The van der Waals surface area contributed by atoms with Crippen molar-refractivity contribution in [3.63, 3.8) is 0 Å². The highest BCUT2D eigenvalue weighted by atomic mass is 35.5. The lowest BCUT2D eigenvalue weighted by Crippen LogP contribution is -2.46. The molecule has 0 unspecified atom stereocenters. The fraction of sp³-hybridized carbons (Fsp3) is 0.348. The molecule has 2 aromatic carbocycles. The van der Waals surface area contributed by atoms with Gasteiger partial charge in [-0.3, -0.25) is 14.6 Å². The summed E-state index contributed by atoms with van der Waals surface area (Å²) < 4.78 is 0. The Morgan fingerprint density at radius 1 is 1.26 bits per heavy atom.